The maximum atomic E-state index is 10.4. The van der Waals surface area contributed by atoms with Crippen LogP contribution in [0.2, 0.25) is 0 Å². The van der Waals surface area contributed by atoms with Crippen LogP contribution in [0.4, 0.5) is 0 Å². The Morgan fingerprint density at radius 2 is 2.09 bits per heavy atom. The van der Waals surface area contributed by atoms with Crippen molar-refractivity contribution in [2.45, 2.75) is 0 Å². The van der Waals surface area contributed by atoms with Gasteiger partial charge < -0.3 is 24.0 Å². The number of benzene rings is 1. The van der Waals surface area contributed by atoms with Gasteiger partial charge in [0, 0.05) is 25.0 Å². The fraction of sp³-hybridized carbons (Fsp3) is 0. The van der Waals surface area contributed by atoms with E-state index in [4.69, 9.17) is 11.6 Å². The molecule has 0 unspecified atom stereocenters. The first-order valence-corrected chi connectivity index (χ1v) is 2.85. The zero-order valence-corrected chi connectivity index (χ0v) is 11.6. The zero-order valence-electron chi connectivity index (χ0n) is 5.68. The summed E-state index contributed by atoms with van der Waals surface area (Å²) in [6, 6.07) is 9.48. The van der Waals surface area contributed by atoms with Gasteiger partial charge in [0.15, 0.2) is 0 Å². The summed E-state index contributed by atoms with van der Waals surface area (Å²) in [5.74, 6) is 0. The Morgan fingerprint density at radius 3 is 2.36 bits per heavy atom. The topological polar surface area (TPSA) is 17.1 Å². The fourth-order valence-corrected chi connectivity index (χ4v) is 0.633. The van der Waals surface area contributed by atoms with Crippen LogP contribution < -0.4 is 24.0 Å². The first-order chi connectivity index (χ1) is 4.30. The molecule has 0 heterocycles. The number of halogens is 2. The van der Waals surface area contributed by atoms with Crippen molar-refractivity contribution in [1.82, 2.24) is 0 Å². The molecule has 1 rings (SSSR count). The van der Waals surface area contributed by atoms with Gasteiger partial charge in [-0.15, -0.1) is 0 Å². The van der Waals surface area contributed by atoms with Crippen LogP contribution in [0.15, 0.2) is 24.3 Å². The molecular formula is C7H4ClIOZn-. The third kappa shape index (κ3) is 4.88. The largest absolute Gasteiger partial charge is 1.00 e. The first kappa shape index (κ1) is 14.1. The number of hydrogen-bond donors (Lipinski definition) is 0. The SMILES string of the molecule is O=C(Cl)c1[c]cccc1.[I-].[Zn]. The van der Waals surface area contributed by atoms with E-state index < -0.39 is 5.24 Å². The molecule has 0 saturated heterocycles. The summed E-state index contributed by atoms with van der Waals surface area (Å²) < 4.78 is 0. The van der Waals surface area contributed by atoms with E-state index in [0.717, 1.165) is 0 Å². The van der Waals surface area contributed by atoms with Gasteiger partial charge in [0.1, 0.15) is 0 Å². The maximum absolute atomic E-state index is 10.4. The van der Waals surface area contributed by atoms with Crippen molar-refractivity contribution in [1.29, 1.82) is 0 Å². The molecule has 55 valence electrons. The van der Waals surface area contributed by atoms with Crippen molar-refractivity contribution < 1.29 is 48.2 Å². The Balaban J connectivity index is 0. The van der Waals surface area contributed by atoms with E-state index in [1.165, 1.54) is 0 Å². The Hall–Kier alpha value is 0.533. The zero-order chi connectivity index (χ0) is 6.69. The summed E-state index contributed by atoms with van der Waals surface area (Å²) >= 11 is 5.13. The van der Waals surface area contributed by atoms with E-state index in [0.29, 0.717) is 5.56 Å². The number of carbonyl (C=O) groups excluding carboxylic acids is 1. The van der Waals surface area contributed by atoms with Gasteiger partial charge in [-0.3, -0.25) is 4.79 Å². The minimum atomic E-state index is -0.462. The Kier molecular flexibility index (Phi) is 9.21. The number of carbonyl (C=O) groups is 1. The molecule has 0 spiro atoms. The van der Waals surface area contributed by atoms with Gasteiger partial charge in [-0.2, -0.15) is 0 Å². The van der Waals surface area contributed by atoms with Crippen molar-refractivity contribution in [2.75, 3.05) is 0 Å². The second kappa shape index (κ2) is 7.20. The molecule has 11 heavy (non-hydrogen) atoms. The van der Waals surface area contributed by atoms with E-state index in [-0.39, 0.29) is 43.5 Å². The van der Waals surface area contributed by atoms with E-state index in [9.17, 15) is 4.79 Å². The molecule has 0 N–H and O–H groups in total. The molecule has 0 saturated carbocycles. The van der Waals surface area contributed by atoms with Gasteiger partial charge in [-0.05, 0) is 23.7 Å². The summed E-state index contributed by atoms with van der Waals surface area (Å²) in [4.78, 5) is 10.4. The molecule has 0 aliphatic rings. The minimum Gasteiger partial charge on any atom is -1.00 e. The van der Waals surface area contributed by atoms with Crippen LogP contribution in [0.5, 0.6) is 0 Å². The van der Waals surface area contributed by atoms with Gasteiger partial charge in [-0.1, -0.05) is 18.2 Å². The average Bonchev–Trinajstić information content (AvgIpc) is 1.90. The Labute approximate surface area is 100 Å². The van der Waals surface area contributed by atoms with E-state index >= 15 is 0 Å². The van der Waals surface area contributed by atoms with E-state index in [2.05, 4.69) is 6.07 Å². The molecular weight excluding hydrogens is 328 g/mol. The molecule has 1 aromatic carbocycles. The minimum absolute atomic E-state index is 0. The van der Waals surface area contributed by atoms with Crippen LogP contribution in [-0.2, 0) is 19.5 Å². The molecule has 1 aromatic rings. The summed E-state index contributed by atoms with van der Waals surface area (Å²) in [5.41, 5.74) is 0.416. The summed E-state index contributed by atoms with van der Waals surface area (Å²) in [7, 11) is 0. The van der Waals surface area contributed by atoms with Crippen molar-refractivity contribution >= 4 is 16.8 Å². The average molecular weight is 332 g/mol. The smallest absolute Gasteiger partial charge is 0.253 e. The quantitative estimate of drug-likeness (QED) is 0.361. The van der Waals surface area contributed by atoms with Crippen molar-refractivity contribution in [3.63, 3.8) is 0 Å². The third-order valence-electron chi connectivity index (χ3n) is 0.921. The molecule has 0 amide bonds. The fourth-order valence-electron chi connectivity index (χ4n) is 0.516. The van der Waals surface area contributed by atoms with Crippen molar-refractivity contribution in [2.24, 2.45) is 0 Å². The molecule has 0 aliphatic heterocycles. The molecule has 0 fully saturated rings. The molecule has 1 nitrogen and oxygen atoms in total. The van der Waals surface area contributed by atoms with Gasteiger partial charge in [0.05, 0.1) is 0 Å². The van der Waals surface area contributed by atoms with Gasteiger partial charge >= 0.3 is 0 Å². The van der Waals surface area contributed by atoms with Crippen LogP contribution in [0.3, 0.4) is 0 Å². The molecule has 0 bridgehead atoms. The Bertz CT molecular complexity index is 215. The van der Waals surface area contributed by atoms with Crippen LogP contribution in [-0.4, -0.2) is 5.24 Å². The van der Waals surface area contributed by atoms with Gasteiger partial charge in [-0.25, -0.2) is 0 Å². The van der Waals surface area contributed by atoms with Crippen molar-refractivity contribution in [3.05, 3.63) is 35.9 Å². The molecule has 0 atom stereocenters. The number of hydrogen-bond acceptors (Lipinski definition) is 1. The molecule has 0 aromatic heterocycles. The Morgan fingerprint density at radius 1 is 1.45 bits per heavy atom. The normalized spacial score (nSPS) is 7.36. The van der Waals surface area contributed by atoms with Crippen LogP contribution >= 0.6 is 11.6 Å². The maximum Gasteiger partial charge on any atom is 0.253 e. The second-order valence-corrected chi connectivity index (χ2v) is 1.89. The van der Waals surface area contributed by atoms with Crippen LogP contribution in [0, 0.1) is 6.07 Å². The second-order valence-electron chi connectivity index (χ2n) is 1.55. The van der Waals surface area contributed by atoms with E-state index in [1.807, 2.05) is 0 Å². The predicted octanol–water partition coefficient (Wildman–Crippen LogP) is -1.13. The molecule has 4 heteroatoms. The van der Waals surface area contributed by atoms with Crippen LogP contribution in [0.25, 0.3) is 0 Å². The first-order valence-electron chi connectivity index (χ1n) is 2.47. The van der Waals surface area contributed by atoms with Gasteiger partial charge in [0.25, 0.3) is 5.24 Å². The van der Waals surface area contributed by atoms with Gasteiger partial charge in [0.2, 0.25) is 0 Å². The summed E-state index contributed by atoms with van der Waals surface area (Å²) in [6.45, 7) is 0. The summed E-state index contributed by atoms with van der Waals surface area (Å²) in [5, 5.41) is -0.462. The van der Waals surface area contributed by atoms with Crippen molar-refractivity contribution in [3.8, 4) is 0 Å². The van der Waals surface area contributed by atoms with Crippen LogP contribution in [0.1, 0.15) is 10.4 Å². The van der Waals surface area contributed by atoms with E-state index in [1.54, 1.807) is 24.3 Å². The standard InChI is InChI=1S/C7H4ClO.HI.Zn/c8-7(9)6-4-2-1-3-5-6;;/h1-4H;1H;/p-1. The monoisotopic (exact) mass is 330 g/mol. The molecule has 0 aliphatic carbocycles. The predicted molar refractivity (Wildman–Crippen MR) is 35.5 cm³/mol. The molecule has 1 radical (unpaired) electrons. The third-order valence-corrected chi connectivity index (χ3v) is 1.12. The number of rotatable bonds is 1. The summed E-state index contributed by atoms with van der Waals surface area (Å²) in [6.07, 6.45) is 0.